The van der Waals surface area contributed by atoms with E-state index >= 15 is 0 Å². The highest BCUT2D eigenvalue weighted by Gasteiger charge is 2.48. The molecule has 2 atom stereocenters. The molecule has 0 aliphatic carbocycles. The molecule has 1 aliphatic heterocycles. The lowest BCUT2D eigenvalue weighted by molar-refractivity contribution is -0.164. The second-order valence-electron chi connectivity index (χ2n) is 5.97. The average molecular weight is 330 g/mol. The van der Waals surface area contributed by atoms with Crippen LogP contribution in [0.2, 0.25) is 5.02 Å². The first-order chi connectivity index (χ1) is 10.4. The highest BCUT2D eigenvalue weighted by Crippen LogP contribution is 2.36. The fourth-order valence-corrected chi connectivity index (χ4v) is 3.32. The monoisotopic (exact) mass is 329 g/mol. The summed E-state index contributed by atoms with van der Waals surface area (Å²) in [5.41, 5.74) is -0.396. The van der Waals surface area contributed by atoms with Crippen molar-refractivity contribution in [3.63, 3.8) is 0 Å². The van der Waals surface area contributed by atoms with Gasteiger partial charge in [0.2, 0.25) is 0 Å². The summed E-state index contributed by atoms with van der Waals surface area (Å²) >= 11 is 5.67. The Balaban J connectivity index is 2.15. The summed E-state index contributed by atoms with van der Waals surface area (Å²) in [5.74, 6) is -1.44. The molecular weight excluding hydrogens is 309 g/mol. The summed E-state index contributed by atoms with van der Waals surface area (Å²) in [7, 11) is 0. The molecule has 1 aromatic rings. The van der Waals surface area contributed by atoms with E-state index in [1.807, 2.05) is 11.8 Å². The minimum atomic E-state index is -1.14. The first kappa shape index (κ1) is 17.2. The Morgan fingerprint density at radius 2 is 2.27 bits per heavy atom. The lowest BCUT2D eigenvalue weighted by Crippen LogP contribution is -2.55. The summed E-state index contributed by atoms with van der Waals surface area (Å²) in [5, 5.41) is 19.9. The van der Waals surface area contributed by atoms with Gasteiger partial charge < -0.3 is 10.2 Å². The van der Waals surface area contributed by atoms with Crippen molar-refractivity contribution in [3.8, 4) is 0 Å². The van der Waals surface area contributed by atoms with Crippen LogP contribution in [0.25, 0.3) is 0 Å². The van der Waals surface area contributed by atoms with Gasteiger partial charge in [-0.1, -0.05) is 31.0 Å². The fourth-order valence-electron chi connectivity index (χ4n) is 3.20. The van der Waals surface area contributed by atoms with Gasteiger partial charge in [0.15, 0.2) is 0 Å². The third-order valence-electron chi connectivity index (χ3n) is 4.37. The van der Waals surface area contributed by atoms with Crippen LogP contribution < -0.4 is 0 Å². The van der Waals surface area contributed by atoms with Crippen molar-refractivity contribution >= 4 is 17.6 Å². The van der Waals surface area contributed by atoms with Crippen molar-refractivity contribution in [3.05, 3.63) is 34.6 Å². The van der Waals surface area contributed by atoms with Gasteiger partial charge >= 0.3 is 5.97 Å². The summed E-state index contributed by atoms with van der Waals surface area (Å²) in [6.07, 6.45) is 0.674. The molecule has 122 valence electrons. The van der Waals surface area contributed by atoms with Crippen LogP contribution in [0.15, 0.2) is 18.2 Å². The Labute approximate surface area is 134 Å². The Morgan fingerprint density at radius 1 is 1.55 bits per heavy atom. The van der Waals surface area contributed by atoms with Gasteiger partial charge in [-0.25, -0.2) is 4.39 Å². The number of hydrogen-bond acceptors (Lipinski definition) is 3. The molecule has 4 nitrogen and oxygen atoms in total. The van der Waals surface area contributed by atoms with E-state index < -0.39 is 23.3 Å². The largest absolute Gasteiger partial charge is 0.481 e. The number of aliphatic hydroxyl groups is 1. The second-order valence-corrected chi connectivity index (χ2v) is 6.38. The first-order valence-electron chi connectivity index (χ1n) is 7.47. The first-order valence-corrected chi connectivity index (χ1v) is 7.84. The number of carboxylic acids is 1. The van der Waals surface area contributed by atoms with Gasteiger partial charge in [-0.05, 0) is 30.5 Å². The van der Waals surface area contributed by atoms with Crippen LogP contribution in [0.4, 0.5) is 4.39 Å². The Kier molecular flexibility index (Phi) is 5.42. The van der Waals surface area contributed by atoms with E-state index in [9.17, 15) is 19.4 Å². The van der Waals surface area contributed by atoms with Crippen LogP contribution in [0.1, 0.15) is 31.7 Å². The minimum Gasteiger partial charge on any atom is -0.481 e. The minimum absolute atomic E-state index is 0.0729. The normalized spacial score (nSPS) is 26.1. The van der Waals surface area contributed by atoms with Crippen LogP contribution in [-0.4, -0.2) is 40.3 Å². The number of aliphatic carboxylic acids is 1. The highest BCUT2D eigenvalue weighted by atomic mass is 35.5. The zero-order valence-electron chi connectivity index (χ0n) is 12.6. The summed E-state index contributed by atoms with van der Waals surface area (Å²) in [4.78, 5) is 13.7. The van der Waals surface area contributed by atoms with E-state index in [1.165, 1.54) is 12.1 Å². The fraction of sp³-hybridized carbons (Fsp3) is 0.562. The van der Waals surface area contributed by atoms with Gasteiger partial charge in [0.25, 0.3) is 0 Å². The molecule has 0 radical (unpaired) electrons. The maximum Gasteiger partial charge on any atom is 0.313 e. The number of carboxylic acid groups (broad SMARTS) is 1. The van der Waals surface area contributed by atoms with Crippen LogP contribution >= 0.6 is 11.6 Å². The van der Waals surface area contributed by atoms with Crippen molar-refractivity contribution in [2.75, 3.05) is 13.1 Å². The van der Waals surface area contributed by atoms with E-state index in [0.29, 0.717) is 32.4 Å². The molecule has 1 aliphatic rings. The van der Waals surface area contributed by atoms with Crippen LogP contribution in [0, 0.1) is 11.2 Å². The summed E-state index contributed by atoms with van der Waals surface area (Å²) in [6.45, 7) is 3.20. The molecule has 0 bridgehead atoms. The van der Waals surface area contributed by atoms with Crippen molar-refractivity contribution in [1.82, 2.24) is 4.90 Å². The topological polar surface area (TPSA) is 60.8 Å². The van der Waals surface area contributed by atoms with Gasteiger partial charge in [0.05, 0.1) is 11.1 Å². The molecule has 22 heavy (non-hydrogen) atoms. The maximum atomic E-state index is 13.5. The van der Waals surface area contributed by atoms with E-state index in [-0.39, 0.29) is 11.6 Å². The Bertz CT molecular complexity index is 554. The van der Waals surface area contributed by atoms with Crippen molar-refractivity contribution < 1.29 is 19.4 Å². The quantitative estimate of drug-likeness (QED) is 0.872. The highest BCUT2D eigenvalue weighted by molar-refractivity contribution is 6.30. The molecule has 0 amide bonds. The molecule has 2 N–H and O–H groups in total. The van der Waals surface area contributed by atoms with Crippen molar-refractivity contribution in [2.45, 2.75) is 38.8 Å². The summed E-state index contributed by atoms with van der Waals surface area (Å²) < 4.78 is 13.5. The number of halogens is 2. The molecule has 0 unspecified atom stereocenters. The number of piperidine rings is 1. The predicted octanol–water partition coefficient (Wildman–Crippen LogP) is 2.92. The number of likely N-dealkylation sites (tertiary alicyclic amines) is 1. The van der Waals surface area contributed by atoms with E-state index in [1.54, 1.807) is 6.07 Å². The summed E-state index contributed by atoms with van der Waals surface area (Å²) in [6, 6.07) is 4.61. The third kappa shape index (κ3) is 3.42. The zero-order chi connectivity index (χ0) is 16.3. The molecule has 1 saturated heterocycles. The SMILES string of the molecule is CCC[C@@]1(C(=O)O)CN(Cc2ccc(Cl)c(F)c2)CC[C@@H]1O. The van der Waals surface area contributed by atoms with E-state index in [4.69, 9.17) is 11.6 Å². The number of aliphatic hydroxyl groups excluding tert-OH is 1. The molecule has 1 aromatic carbocycles. The van der Waals surface area contributed by atoms with Crippen molar-refractivity contribution in [2.24, 2.45) is 5.41 Å². The molecule has 0 saturated carbocycles. The predicted molar refractivity (Wildman–Crippen MR) is 82.3 cm³/mol. The zero-order valence-corrected chi connectivity index (χ0v) is 13.3. The van der Waals surface area contributed by atoms with Gasteiger partial charge in [-0.15, -0.1) is 0 Å². The smallest absolute Gasteiger partial charge is 0.313 e. The Morgan fingerprint density at radius 3 is 2.86 bits per heavy atom. The van der Waals surface area contributed by atoms with E-state index in [2.05, 4.69) is 0 Å². The number of rotatable bonds is 5. The van der Waals surface area contributed by atoms with Crippen LogP contribution in [0.5, 0.6) is 0 Å². The van der Waals surface area contributed by atoms with Crippen molar-refractivity contribution in [1.29, 1.82) is 0 Å². The molecule has 2 rings (SSSR count). The number of nitrogens with zero attached hydrogens (tertiary/aromatic N) is 1. The molecule has 6 heteroatoms. The maximum absolute atomic E-state index is 13.5. The standard InChI is InChI=1S/C16H21ClFNO3/c1-2-6-16(15(21)22)10-19(7-5-14(16)20)9-11-3-4-12(17)13(18)8-11/h3-4,8,14,20H,2,5-7,9-10H2,1H3,(H,21,22)/t14-,16+/m0/s1. The van der Waals surface area contributed by atoms with E-state index in [0.717, 1.165) is 5.56 Å². The molecule has 1 heterocycles. The number of hydrogen-bond donors (Lipinski definition) is 2. The molecule has 1 fully saturated rings. The Hall–Kier alpha value is -1.17. The second kappa shape index (κ2) is 6.94. The van der Waals surface area contributed by atoms with Gasteiger partial charge in [0.1, 0.15) is 11.2 Å². The number of benzene rings is 1. The number of carbonyl (C=O) groups is 1. The lowest BCUT2D eigenvalue weighted by Gasteiger charge is -2.43. The molecular formula is C16H21ClFNO3. The van der Waals surface area contributed by atoms with Crippen LogP contribution in [-0.2, 0) is 11.3 Å². The van der Waals surface area contributed by atoms with Gasteiger partial charge in [0, 0.05) is 19.6 Å². The van der Waals surface area contributed by atoms with Crippen LogP contribution in [0.3, 0.4) is 0 Å². The van der Waals surface area contributed by atoms with Gasteiger partial charge in [-0.3, -0.25) is 9.69 Å². The third-order valence-corrected chi connectivity index (χ3v) is 4.68. The lowest BCUT2D eigenvalue weighted by atomic mass is 9.74. The molecule has 0 aromatic heterocycles. The molecule has 0 spiro atoms. The van der Waals surface area contributed by atoms with Gasteiger partial charge in [-0.2, -0.15) is 0 Å². The average Bonchev–Trinajstić information content (AvgIpc) is 2.46.